The minimum absolute atomic E-state index is 0.0600. The molecule has 1 aromatic heterocycles. The summed E-state index contributed by atoms with van der Waals surface area (Å²) in [5, 5.41) is 12.1. The van der Waals surface area contributed by atoms with Crippen LogP contribution in [0.5, 0.6) is 0 Å². The van der Waals surface area contributed by atoms with Crippen LogP contribution in [0.2, 0.25) is 0 Å². The molecule has 0 saturated heterocycles. The summed E-state index contributed by atoms with van der Waals surface area (Å²) in [5.74, 6) is -0.944. The molecule has 16 heavy (non-hydrogen) atoms. The third-order valence-electron chi connectivity index (χ3n) is 1.85. The van der Waals surface area contributed by atoms with Gasteiger partial charge < -0.3 is 5.11 Å². The van der Waals surface area contributed by atoms with Crippen LogP contribution in [0, 0.1) is 0 Å². The number of aliphatic carboxylic acids is 1. The quantitative estimate of drug-likeness (QED) is 0.664. The number of carboxylic acids is 1. The van der Waals surface area contributed by atoms with Gasteiger partial charge in [-0.25, -0.2) is 13.1 Å². The maximum atomic E-state index is 11.6. The zero-order valence-corrected chi connectivity index (χ0v) is 9.57. The van der Waals surface area contributed by atoms with Gasteiger partial charge in [0.2, 0.25) is 10.0 Å². The summed E-state index contributed by atoms with van der Waals surface area (Å²) in [7, 11) is -1.95. The molecule has 1 rings (SSSR count). The van der Waals surface area contributed by atoms with Crippen molar-refractivity contribution < 1.29 is 18.3 Å². The number of carbonyl (C=O) groups is 1. The molecule has 0 aliphatic heterocycles. The van der Waals surface area contributed by atoms with Gasteiger partial charge in [0.05, 0.1) is 6.20 Å². The molecular formula is C8H13N3O4S. The Hall–Kier alpha value is -1.41. The second-order valence-corrected chi connectivity index (χ2v) is 5.01. The summed E-state index contributed by atoms with van der Waals surface area (Å²) >= 11 is 0. The van der Waals surface area contributed by atoms with E-state index in [0.29, 0.717) is 0 Å². The SMILES string of the molecule is Cn1cc(S(=O)(=O)NCCCC(=O)O)cn1. The first kappa shape index (κ1) is 12.7. The van der Waals surface area contributed by atoms with Crippen LogP contribution in [0.4, 0.5) is 0 Å². The van der Waals surface area contributed by atoms with Crippen molar-refractivity contribution in [1.29, 1.82) is 0 Å². The molecule has 7 nitrogen and oxygen atoms in total. The topological polar surface area (TPSA) is 101 Å². The Morgan fingerprint density at radius 2 is 2.31 bits per heavy atom. The lowest BCUT2D eigenvalue weighted by molar-refractivity contribution is -0.137. The van der Waals surface area contributed by atoms with E-state index in [2.05, 4.69) is 9.82 Å². The summed E-state index contributed by atoms with van der Waals surface area (Å²) in [4.78, 5) is 10.3. The van der Waals surface area contributed by atoms with Crippen LogP contribution in [0.25, 0.3) is 0 Å². The van der Waals surface area contributed by atoms with Crippen LogP contribution >= 0.6 is 0 Å². The lowest BCUT2D eigenvalue weighted by Crippen LogP contribution is -2.24. The lowest BCUT2D eigenvalue weighted by Gasteiger charge is -2.02. The summed E-state index contributed by atoms with van der Waals surface area (Å²) in [6.45, 7) is 0.101. The molecule has 2 N–H and O–H groups in total. The molecule has 0 fully saturated rings. The minimum atomic E-state index is -3.56. The number of carboxylic acid groups (broad SMARTS) is 1. The molecule has 0 saturated carbocycles. The second kappa shape index (κ2) is 5.08. The Kier molecular flexibility index (Phi) is 4.02. The van der Waals surface area contributed by atoms with Gasteiger partial charge in [0.1, 0.15) is 4.90 Å². The van der Waals surface area contributed by atoms with E-state index in [1.807, 2.05) is 0 Å². The van der Waals surface area contributed by atoms with Crippen molar-refractivity contribution in [3.05, 3.63) is 12.4 Å². The minimum Gasteiger partial charge on any atom is -0.481 e. The molecule has 90 valence electrons. The highest BCUT2D eigenvalue weighted by Gasteiger charge is 2.15. The fraction of sp³-hybridized carbons (Fsp3) is 0.500. The Morgan fingerprint density at radius 1 is 1.62 bits per heavy atom. The molecule has 1 aromatic rings. The van der Waals surface area contributed by atoms with Crippen LogP contribution in [0.3, 0.4) is 0 Å². The predicted molar refractivity (Wildman–Crippen MR) is 55.3 cm³/mol. The van der Waals surface area contributed by atoms with Gasteiger partial charge >= 0.3 is 5.97 Å². The number of hydrogen-bond donors (Lipinski definition) is 2. The maximum absolute atomic E-state index is 11.6. The largest absolute Gasteiger partial charge is 0.481 e. The fourth-order valence-electron chi connectivity index (χ4n) is 1.07. The monoisotopic (exact) mass is 247 g/mol. The molecule has 0 bridgehead atoms. The van der Waals surface area contributed by atoms with Crippen LogP contribution in [-0.4, -0.2) is 35.8 Å². The Balaban J connectivity index is 2.50. The van der Waals surface area contributed by atoms with Crippen molar-refractivity contribution in [3.8, 4) is 0 Å². The first-order chi connectivity index (χ1) is 7.42. The van der Waals surface area contributed by atoms with Crippen LogP contribution < -0.4 is 4.72 Å². The lowest BCUT2D eigenvalue weighted by atomic mass is 10.3. The van der Waals surface area contributed by atoms with Gasteiger partial charge in [0.15, 0.2) is 0 Å². The van der Waals surface area contributed by atoms with Crippen molar-refractivity contribution >= 4 is 16.0 Å². The molecule has 0 spiro atoms. The van der Waals surface area contributed by atoms with Crippen LogP contribution in [0.1, 0.15) is 12.8 Å². The van der Waals surface area contributed by atoms with Gasteiger partial charge in [-0.15, -0.1) is 0 Å². The third kappa shape index (κ3) is 3.63. The molecule has 0 aliphatic rings. The molecule has 0 aliphatic carbocycles. The number of nitrogens with one attached hydrogen (secondary N) is 1. The summed E-state index contributed by atoms with van der Waals surface area (Å²) in [6.07, 6.45) is 2.81. The van der Waals surface area contributed by atoms with E-state index >= 15 is 0 Å². The number of rotatable bonds is 6. The van der Waals surface area contributed by atoms with Crippen LogP contribution in [-0.2, 0) is 21.9 Å². The van der Waals surface area contributed by atoms with E-state index in [4.69, 9.17) is 5.11 Å². The zero-order chi connectivity index (χ0) is 12.2. The first-order valence-electron chi connectivity index (χ1n) is 4.62. The Labute approximate surface area is 93.1 Å². The van der Waals surface area contributed by atoms with Gasteiger partial charge in [0, 0.05) is 26.2 Å². The second-order valence-electron chi connectivity index (χ2n) is 3.24. The van der Waals surface area contributed by atoms with Crippen molar-refractivity contribution in [2.45, 2.75) is 17.7 Å². The van der Waals surface area contributed by atoms with Gasteiger partial charge in [-0.3, -0.25) is 9.48 Å². The Morgan fingerprint density at radius 3 is 2.81 bits per heavy atom. The smallest absolute Gasteiger partial charge is 0.303 e. The molecule has 1 heterocycles. The Bertz CT molecular complexity index is 465. The van der Waals surface area contributed by atoms with Crippen molar-refractivity contribution in [2.24, 2.45) is 7.05 Å². The van der Waals surface area contributed by atoms with Gasteiger partial charge in [-0.2, -0.15) is 5.10 Å². The summed E-state index contributed by atoms with van der Waals surface area (Å²) in [6, 6.07) is 0. The number of aryl methyl sites for hydroxylation is 1. The standard InChI is InChI=1S/C8H13N3O4S/c1-11-6-7(5-9-11)16(14,15)10-4-2-3-8(12)13/h5-6,10H,2-4H2,1H3,(H,12,13). The van der Waals surface area contributed by atoms with Gasteiger partial charge in [-0.1, -0.05) is 0 Å². The van der Waals surface area contributed by atoms with E-state index in [1.54, 1.807) is 7.05 Å². The highest BCUT2D eigenvalue weighted by atomic mass is 32.2. The van der Waals surface area contributed by atoms with E-state index in [0.717, 1.165) is 0 Å². The molecular weight excluding hydrogens is 234 g/mol. The molecule has 0 radical (unpaired) electrons. The first-order valence-corrected chi connectivity index (χ1v) is 6.10. The normalized spacial score (nSPS) is 11.6. The van der Waals surface area contributed by atoms with E-state index in [-0.39, 0.29) is 24.3 Å². The van der Waals surface area contributed by atoms with Crippen LogP contribution in [0.15, 0.2) is 17.3 Å². The highest BCUT2D eigenvalue weighted by Crippen LogP contribution is 2.05. The molecule has 0 aromatic carbocycles. The predicted octanol–water partition coefficient (Wildman–Crippen LogP) is -0.437. The summed E-state index contributed by atoms with van der Waals surface area (Å²) < 4.78 is 26.8. The van der Waals surface area contributed by atoms with Crippen molar-refractivity contribution in [3.63, 3.8) is 0 Å². The summed E-state index contributed by atoms with van der Waals surface area (Å²) in [5.41, 5.74) is 0. The van der Waals surface area contributed by atoms with Gasteiger partial charge in [-0.05, 0) is 6.42 Å². The average molecular weight is 247 g/mol. The molecule has 0 unspecified atom stereocenters. The maximum Gasteiger partial charge on any atom is 0.303 e. The number of aromatic nitrogens is 2. The van der Waals surface area contributed by atoms with Gasteiger partial charge in [0.25, 0.3) is 0 Å². The van der Waals surface area contributed by atoms with E-state index in [1.165, 1.54) is 17.1 Å². The zero-order valence-electron chi connectivity index (χ0n) is 8.75. The number of sulfonamides is 1. The number of hydrogen-bond acceptors (Lipinski definition) is 4. The van der Waals surface area contributed by atoms with E-state index < -0.39 is 16.0 Å². The molecule has 0 atom stereocenters. The molecule has 0 amide bonds. The van der Waals surface area contributed by atoms with Crippen molar-refractivity contribution in [2.75, 3.05) is 6.54 Å². The molecule has 8 heteroatoms. The highest BCUT2D eigenvalue weighted by molar-refractivity contribution is 7.89. The van der Waals surface area contributed by atoms with E-state index in [9.17, 15) is 13.2 Å². The third-order valence-corrected chi connectivity index (χ3v) is 3.27. The fourth-order valence-corrected chi connectivity index (χ4v) is 2.12. The number of nitrogens with zero attached hydrogens (tertiary/aromatic N) is 2. The van der Waals surface area contributed by atoms with Crippen molar-refractivity contribution in [1.82, 2.24) is 14.5 Å². The average Bonchev–Trinajstić information content (AvgIpc) is 2.60.